The molecule has 1 aromatic carbocycles. The van der Waals surface area contributed by atoms with Gasteiger partial charge in [-0.25, -0.2) is 8.42 Å². The zero-order chi connectivity index (χ0) is 15.0. The van der Waals surface area contributed by atoms with Gasteiger partial charge in [-0.2, -0.15) is 0 Å². The Kier molecular flexibility index (Phi) is 3.58. The number of anilines is 2. The maximum Gasteiger partial charge on any atom is 0.241 e. The van der Waals surface area contributed by atoms with Gasteiger partial charge in [-0.1, -0.05) is 5.16 Å². The number of nitrogens with two attached hydrogens (primary N) is 1. The van der Waals surface area contributed by atoms with Crippen LogP contribution in [0, 0.1) is 6.92 Å². The van der Waals surface area contributed by atoms with E-state index < -0.39 is 10.0 Å². The molecule has 0 atom stereocenters. The molecule has 112 valence electrons. The van der Waals surface area contributed by atoms with Crippen LogP contribution >= 0.6 is 11.8 Å². The fourth-order valence-corrected chi connectivity index (χ4v) is 4.88. The highest BCUT2D eigenvalue weighted by atomic mass is 32.2. The standard InChI is InChI=1S/C13H15N3O3S2/c1-9-6-11(15-19-9)8-21(17,18)16-4-5-20-13-3-2-10(14)7-12(13)16/h2-3,6-7H,4-5,8,14H2,1H3. The SMILES string of the molecule is Cc1cc(CS(=O)(=O)N2CCSc3ccc(N)cc32)no1. The lowest BCUT2D eigenvalue weighted by atomic mass is 10.3. The average molecular weight is 325 g/mol. The zero-order valence-corrected chi connectivity index (χ0v) is 13.1. The van der Waals surface area contributed by atoms with Gasteiger partial charge in [0.1, 0.15) is 17.2 Å². The summed E-state index contributed by atoms with van der Waals surface area (Å²) in [6.45, 7) is 2.16. The molecule has 0 amide bonds. The minimum absolute atomic E-state index is 0.177. The maximum atomic E-state index is 12.6. The monoisotopic (exact) mass is 325 g/mol. The van der Waals surface area contributed by atoms with Crippen molar-refractivity contribution in [2.45, 2.75) is 17.6 Å². The third kappa shape index (κ3) is 2.86. The Morgan fingerprint density at radius 3 is 2.95 bits per heavy atom. The molecule has 0 spiro atoms. The first-order chi connectivity index (χ1) is 9.95. The fourth-order valence-electron chi connectivity index (χ4n) is 2.25. The Morgan fingerprint density at radius 2 is 2.24 bits per heavy atom. The van der Waals surface area contributed by atoms with Gasteiger partial charge in [-0.3, -0.25) is 4.31 Å². The van der Waals surface area contributed by atoms with Crippen molar-refractivity contribution in [1.82, 2.24) is 5.16 Å². The second-order valence-corrected chi connectivity index (χ2v) is 7.86. The first kappa shape index (κ1) is 14.3. The van der Waals surface area contributed by atoms with Crippen LogP contribution in [0.3, 0.4) is 0 Å². The van der Waals surface area contributed by atoms with Crippen LogP contribution in [0.2, 0.25) is 0 Å². The van der Waals surface area contributed by atoms with E-state index in [-0.39, 0.29) is 5.75 Å². The largest absolute Gasteiger partial charge is 0.399 e. The lowest BCUT2D eigenvalue weighted by Crippen LogP contribution is -2.36. The molecule has 0 radical (unpaired) electrons. The summed E-state index contributed by atoms with van der Waals surface area (Å²) in [5.74, 6) is 1.14. The summed E-state index contributed by atoms with van der Waals surface area (Å²) < 4.78 is 31.6. The van der Waals surface area contributed by atoms with E-state index >= 15 is 0 Å². The Balaban J connectivity index is 1.95. The summed E-state index contributed by atoms with van der Waals surface area (Å²) >= 11 is 1.63. The molecule has 0 saturated carbocycles. The lowest BCUT2D eigenvalue weighted by molar-refractivity contribution is 0.392. The molecule has 0 bridgehead atoms. The Bertz CT molecular complexity index is 771. The summed E-state index contributed by atoms with van der Waals surface area (Å²) in [6.07, 6.45) is 0. The topological polar surface area (TPSA) is 89.4 Å². The quantitative estimate of drug-likeness (QED) is 0.868. The van der Waals surface area contributed by atoms with Crippen LogP contribution in [0.4, 0.5) is 11.4 Å². The number of rotatable bonds is 3. The van der Waals surface area contributed by atoms with Gasteiger partial charge in [0, 0.05) is 28.9 Å². The van der Waals surface area contributed by atoms with Gasteiger partial charge < -0.3 is 10.3 Å². The maximum absolute atomic E-state index is 12.6. The third-order valence-corrected chi connectivity index (χ3v) is 5.90. The van der Waals surface area contributed by atoms with E-state index in [1.807, 2.05) is 6.07 Å². The highest BCUT2D eigenvalue weighted by Gasteiger charge is 2.29. The predicted molar refractivity (Wildman–Crippen MR) is 82.8 cm³/mol. The molecule has 8 heteroatoms. The summed E-state index contributed by atoms with van der Waals surface area (Å²) in [7, 11) is -3.51. The first-order valence-corrected chi connectivity index (χ1v) is 9.00. The average Bonchev–Trinajstić information content (AvgIpc) is 2.82. The summed E-state index contributed by atoms with van der Waals surface area (Å²) in [6, 6.07) is 6.98. The molecule has 21 heavy (non-hydrogen) atoms. The number of hydrogen-bond donors (Lipinski definition) is 1. The fraction of sp³-hybridized carbons (Fsp3) is 0.308. The summed E-state index contributed by atoms with van der Waals surface area (Å²) in [5.41, 5.74) is 7.39. The number of thioether (sulfide) groups is 1. The minimum Gasteiger partial charge on any atom is -0.399 e. The van der Waals surface area contributed by atoms with E-state index in [0.29, 0.717) is 35.1 Å². The van der Waals surface area contributed by atoms with Crippen LogP contribution in [0.5, 0.6) is 0 Å². The van der Waals surface area contributed by atoms with Crippen molar-refractivity contribution in [2.75, 3.05) is 22.3 Å². The molecule has 1 aliphatic heterocycles. The molecule has 0 fully saturated rings. The van der Waals surface area contributed by atoms with Crippen molar-refractivity contribution in [3.8, 4) is 0 Å². The highest BCUT2D eigenvalue weighted by Crippen LogP contribution is 2.38. The minimum atomic E-state index is -3.51. The number of nitrogens with zero attached hydrogens (tertiary/aromatic N) is 2. The van der Waals surface area contributed by atoms with Crippen LogP contribution < -0.4 is 10.0 Å². The summed E-state index contributed by atoms with van der Waals surface area (Å²) in [4.78, 5) is 0.926. The normalized spacial score (nSPS) is 15.0. The van der Waals surface area contributed by atoms with Crippen molar-refractivity contribution in [3.05, 3.63) is 35.7 Å². The van der Waals surface area contributed by atoms with Crippen LogP contribution in [0.1, 0.15) is 11.5 Å². The van der Waals surface area contributed by atoms with Crippen LogP contribution in [0.15, 0.2) is 33.7 Å². The van der Waals surface area contributed by atoms with Gasteiger partial charge in [0.05, 0.1) is 5.69 Å². The number of aromatic nitrogens is 1. The number of sulfonamides is 1. The van der Waals surface area contributed by atoms with Gasteiger partial charge in [0.2, 0.25) is 10.0 Å². The molecule has 2 heterocycles. The summed E-state index contributed by atoms with van der Waals surface area (Å²) in [5, 5.41) is 3.76. The molecule has 1 aliphatic rings. The number of aryl methyl sites for hydroxylation is 1. The number of hydrogen-bond acceptors (Lipinski definition) is 6. The van der Waals surface area contributed by atoms with Crippen molar-refractivity contribution in [1.29, 1.82) is 0 Å². The van der Waals surface area contributed by atoms with Gasteiger partial charge in [0.15, 0.2) is 0 Å². The van der Waals surface area contributed by atoms with Gasteiger partial charge in [-0.15, -0.1) is 11.8 Å². The molecule has 2 aromatic rings. The van der Waals surface area contributed by atoms with Crippen molar-refractivity contribution in [2.24, 2.45) is 0 Å². The van der Waals surface area contributed by atoms with E-state index in [9.17, 15) is 8.42 Å². The second kappa shape index (κ2) is 5.27. The molecule has 1 aromatic heterocycles. The number of fused-ring (bicyclic) bond motifs is 1. The van der Waals surface area contributed by atoms with E-state index in [1.165, 1.54) is 4.31 Å². The Hall–Kier alpha value is -1.67. The van der Waals surface area contributed by atoms with E-state index in [4.69, 9.17) is 10.3 Å². The molecule has 2 N–H and O–H groups in total. The highest BCUT2D eigenvalue weighted by molar-refractivity contribution is 8.00. The van der Waals surface area contributed by atoms with Crippen LogP contribution in [-0.4, -0.2) is 25.9 Å². The van der Waals surface area contributed by atoms with E-state index in [1.54, 1.807) is 36.9 Å². The zero-order valence-electron chi connectivity index (χ0n) is 11.4. The second-order valence-electron chi connectivity index (χ2n) is 4.83. The van der Waals surface area contributed by atoms with E-state index in [0.717, 1.165) is 4.90 Å². The molecule has 0 unspecified atom stereocenters. The molecule has 0 aliphatic carbocycles. The molecular formula is C13H15N3O3S2. The van der Waals surface area contributed by atoms with Crippen molar-refractivity contribution < 1.29 is 12.9 Å². The predicted octanol–water partition coefficient (Wildman–Crippen LogP) is 2.01. The van der Waals surface area contributed by atoms with Gasteiger partial charge in [0.25, 0.3) is 0 Å². The third-order valence-electron chi connectivity index (χ3n) is 3.15. The van der Waals surface area contributed by atoms with Crippen molar-refractivity contribution >= 4 is 33.2 Å². The van der Waals surface area contributed by atoms with Crippen LogP contribution in [0.25, 0.3) is 0 Å². The Morgan fingerprint density at radius 1 is 1.43 bits per heavy atom. The van der Waals surface area contributed by atoms with Crippen LogP contribution in [-0.2, 0) is 15.8 Å². The lowest BCUT2D eigenvalue weighted by Gasteiger charge is -2.30. The molecule has 6 nitrogen and oxygen atoms in total. The van der Waals surface area contributed by atoms with E-state index in [2.05, 4.69) is 5.16 Å². The molecular weight excluding hydrogens is 310 g/mol. The van der Waals surface area contributed by atoms with Gasteiger partial charge in [-0.05, 0) is 25.1 Å². The number of nitrogen functional groups attached to an aromatic ring is 1. The smallest absolute Gasteiger partial charge is 0.241 e. The first-order valence-electron chi connectivity index (χ1n) is 6.41. The molecule has 3 rings (SSSR count). The number of benzene rings is 1. The Labute approximate surface area is 127 Å². The van der Waals surface area contributed by atoms with Crippen molar-refractivity contribution in [3.63, 3.8) is 0 Å². The molecule has 0 saturated heterocycles. The van der Waals surface area contributed by atoms with Gasteiger partial charge >= 0.3 is 0 Å².